The van der Waals surface area contributed by atoms with Gasteiger partial charge < -0.3 is 15.8 Å². The van der Waals surface area contributed by atoms with Crippen LogP contribution >= 0.6 is 0 Å². The second-order valence-electron chi connectivity index (χ2n) is 5.93. The molecule has 1 saturated carbocycles. The summed E-state index contributed by atoms with van der Waals surface area (Å²) in [6.07, 6.45) is 1.04. The molecule has 3 N–H and O–H groups in total. The average molecular weight is 252 g/mol. The molecule has 0 aliphatic heterocycles. The highest BCUT2D eigenvalue weighted by molar-refractivity contribution is 5.69. The fourth-order valence-electron chi connectivity index (χ4n) is 1.94. The van der Waals surface area contributed by atoms with Crippen molar-refractivity contribution in [2.24, 2.45) is 5.41 Å². The van der Waals surface area contributed by atoms with E-state index in [9.17, 15) is 4.39 Å². The number of nitrogens with one attached hydrogen (secondary N) is 1. The predicted molar refractivity (Wildman–Crippen MR) is 72.4 cm³/mol. The van der Waals surface area contributed by atoms with E-state index in [1.165, 1.54) is 6.07 Å². The van der Waals surface area contributed by atoms with Crippen LogP contribution in [0.15, 0.2) is 12.1 Å². The van der Waals surface area contributed by atoms with Crippen molar-refractivity contribution in [1.29, 1.82) is 0 Å². The zero-order valence-electron chi connectivity index (χ0n) is 11.4. The minimum Gasteiger partial charge on any atom is -0.488 e. The number of ether oxygens (including phenoxy) is 1. The normalized spacial score (nSPS) is 20.9. The third-order valence-corrected chi connectivity index (χ3v) is 3.31. The van der Waals surface area contributed by atoms with Crippen molar-refractivity contribution in [1.82, 2.24) is 0 Å². The maximum atomic E-state index is 13.7. The highest BCUT2D eigenvalue weighted by Crippen LogP contribution is 2.47. The van der Waals surface area contributed by atoms with E-state index in [-0.39, 0.29) is 11.9 Å². The monoisotopic (exact) mass is 252 g/mol. The Hall–Kier alpha value is -1.45. The van der Waals surface area contributed by atoms with Crippen molar-refractivity contribution < 1.29 is 9.13 Å². The molecule has 2 rings (SSSR count). The Morgan fingerprint density at radius 1 is 1.44 bits per heavy atom. The summed E-state index contributed by atoms with van der Waals surface area (Å²) < 4.78 is 19.1. The molecule has 1 unspecified atom stereocenters. The van der Waals surface area contributed by atoms with Crippen LogP contribution < -0.4 is 15.8 Å². The Morgan fingerprint density at radius 3 is 2.56 bits per heavy atom. The Morgan fingerprint density at radius 2 is 2.06 bits per heavy atom. The van der Waals surface area contributed by atoms with Gasteiger partial charge in [-0.15, -0.1) is 0 Å². The number of benzene rings is 1. The van der Waals surface area contributed by atoms with Crippen LogP contribution in [-0.4, -0.2) is 12.1 Å². The van der Waals surface area contributed by atoms with E-state index >= 15 is 0 Å². The molecule has 1 aliphatic carbocycles. The smallest absolute Gasteiger partial charge is 0.167 e. The largest absolute Gasteiger partial charge is 0.488 e. The van der Waals surface area contributed by atoms with Crippen molar-refractivity contribution in [3.05, 3.63) is 17.9 Å². The van der Waals surface area contributed by atoms with Crippen molar-refractivity contribution in [2.45, 2.75) is 46.3 Å². The van der Waals surface area contributed by atoms with Crippen LogP contribution in [0.2, 0.25) is 0 Å². The van der Waals surface area contributed by atoms with Crippen LogP contribution in [0, 0.1) is 11.2 Å². The molecule has 100 valence electrons. The number of hydrogen-bond donors (Lipinski definition) is 2. The van der Waals surface area contributed by atoms with Crippen molar-refractivity contribution in [3.63, 3.8) is 0 Å². The lowest BCUT2D eigenvalue weighted by Crippen LogP contribution is -2.12. The van der Waals surface area contributed by atoms with Gasteiger partial charge in [-0.3, -0.25) is 0 Å². The summed E-state index contributed by atoms with van der Waals surface area (Å²) in [5, 5.41) is 3.34. The summed E-state index contributed by atoms with van der Waals surface area (Å²) in [6, 6.07) is 3.37. The minimum absolute atomic E-state index is 0.0617. The number of rotatable bonds is 4. The van der Waals surface area contributed by atoms with Crippen LogP contribution in [0.1, 0.15) is 34.1 Å². The molecule has 0 heterocycles. The summed E-state index contributed by atoms with van der Waals surface area (Å²) in [7, 11) is 0. The molecule has 1 atom stereocenters. The van der Waals surface area contributed by atoms with Gasteiger partial charge in [0.2, 0.25) is 0 Å². The van der Waals surface area contributed by atoms with E-state index in [2.05, 4.69) is 19.2 Å². The summed E-state index contributed by atoms with van der Waals surface area (Å²) in [5.41, 5.74) is 7.29. The molecule has 0 amide bonds. The number of nitrogens with two attached hydrogens (primary N) is 1. The van der Waals surface area contributed by atoms with Crippen LogP contribution in [-0.2, 0) is 0 Å². The van der Waals surface area contributed by atoms with Crippen molar-refractivity contribution in [3.8, 4) is 5.75 Å². The minimum atomic E-state index is -0.415. The van der Waals surface area contributed by atoms with Crippen LogP contribution in [0.4, 0.5) is 15.8 Å². The molecule has 1 aromatic rings. The molecule has 1 fully saturated rings. The molecular formula is C14H21FN2O. The standard InChI is InChI=1S/C14H21FN2O/c1-8(2)18-12-6-11(10(16)5-9(12)15)17-13-7-14(13,3)4/h5-6,8,13,17H,7,16H2,1-4H3. The Balaban J connectivity index is 2.19. The average Bonchev–Trinajstić information content (AvgIpc) is 2.81. The molecule has 4 heteroatoms. The lowest BCUT2D eigenvalue weighted by atomic mass is 10.2. The van der Waals surface area contributed by atoms with Crippen LogP contribution in [0.5, 0.6) is 5.75 Å². The van der Waals surface area contributed by atoms with E-state index < -0.39 is 5.82 Å². The lowest BCUT2D eigenvalue weighted by molar-refractivity contribution is 0.231. The van der Waals surface area contributed by atoms with E-state index in [1.807, 2.05) is 13.8 Å². The first-order valence-corrected chi connectivity index (χ1v) is 6.32. The van der Waals surface area contributed by atoms with Gasteiger partial charge in [0.1, 0.15) is 0 Å². The summed E-state index contributed by atoms with van der Waals surface area (Å²) in [6.45, 7) is 8.12. The zero-order chi connectivity index (χ0) is 13.5. The molecule has 0 spiro atoms. The summed E-state index contributed by atoms with van der Waals surface area (Å²) in [5.74, 6) is -0.165. The third kappa shape index (κ3) is 2.68. The lowest BCUT2D eigenvalue weighted by Gasteiger charge is -2.15. The Kier molecular flexibility index (Phi) is 3.13. The van der Waals surface area contributed by atoms with Gasteiger partial charge in [-0.05, 0) is 25.7 Å². The molecular weight excluding hydrogens is 231 g/mol. The number of nitrogen functional groups attached to an aromatic ring is 1. The maximum Gasteiger partial charge on any atom is 0.167 e. The quantitative estimate of drug-likeness (QED) is 0.807. The second-order valence-corrected chi connectivity index (χ2v) is 5.93. The molecule has 3 nitrogen and oxygen atoms in total. The molecule has 1 aromatic carbocycles. The van der Waals surface area contributed by atoms with Gasteiger partial charge in [-0.25, -0.2) is 4.39 Å². The van der Waals surface area contributed by atoms with E-state index in [1.54, 1.807) is 6.07 Å². The fourth-order valence-corrected chi connectivity index (χ4v) is 1.94. The topological polar surface area (TPSA) is 47.3 Å². The van der Waals surface area contributed by atoms with Crippen molar-refractivity contribution in [2.75, 3.05) is 11.1 Å². The fraction of sp³-hybridized carbons (Fsp3) is 0.571. The van der Waals surface area contributed by atoms with Gasteiger partial charge >= 0.3 is 0 Å². The highest BCUT2D eigenvalue weighted by atomic mass is 19.1. The number of hydrogen-bond acceptors (Lipinski definition) is 3. The van der Waals surface area contributed by atoms with E-state index in [0.29, 0.717) is 17.1 Å². The van der Waals surface area contributed by atoms with Gasteiger partial charge in [0.25, 0.3) is 0 Å². The van der Waals surface area contributed by atoms with Gasteiger partial charge in [-0.2, -0.15) is 0 Å². The second kappa shape index (κ2) is 4.34. The molecule has 1 aliphatic rings. The predicted octanol–water partition coefficient (Wildman–Crippen LogP) is 3.41. The van der Waals surface area contributed by atoms with Crippen molar-refractivity contribution >= 4 is 11.4 Å². The molecule has 0 saturated heterocycles. The zero-order valence-corrected chi connectivity index (χ0v) is 11.4. The van der Waals surface area contributed by atoms with Gasteiger partial charge in [0.15, 0.2) is 11.6 Å². The SMILES string of the molecule is CC(C)Oc1cc(NC2CC2(C)C)c(N)cc1F. The van der Waals surface area contributed by atoms with Gasteiger partial charge in [0.05, 0.1) is 17.5 Å². The molecule has 0 aromatic heterocycles. The highest BCUT2D eigenvalue weighted by Gasteiger charge is 2.45. The number of halogens is 1. The Labute approximate surface area is 108 Å². The summed E-state index contributed by atoms with van der Waals surface area (Å²) in [4.78, 5) is 0. The number of anilines is 2. The molecule has 0 bridgehead atoms. The van der Waals surface area contributed by atoms with Gasteiger partial charge in [0, 0.05) is 18.2 Å². The molecule has 0 radical (unpaired) electrons. The van der Waals surface area contributed by atoms with E-state index in [0.717, 1.165) is 12.1 Å². The van der Waals surface area contributed by atoms with Crippen LogP contribution in [0.25, 0.3) is 0 Å². The van der Waals surface area contributed by atoms with E-state index in [4.69, 9.17) is 10.5 Å². The summed E-state index contributed by atoms with van der Waals surface area (Å²) >= 11 is 0. The third-order valence-electron chi connectivity index (χ3n) is 3.31. The Bertz CT molecular complexity index is 457. The maximum absolute atomic E-state index is 13.7. The molecule has 18 heavy (non-hydrogen) atoms. The first-order valence-electron chi connectivity index (χ1n) is 6.32. The van der Waals surface area contributed by atoms with Gasteiger partial charge in [-0.1, -0.05) is 13.8 Å². The first kappa shape index (κ1) is 13.0. The van der Waals surface area contributed by atoms with Crippen LogP contribution in [0.3, 0.4) is 0 Å². The first-order chi connectivity index (χ1) is 8.29.